The zero-order valence-corrected chi connectivity index (χ0v) is 10.7. The number of amides is 1. The highest BCUT2D eigenvalue weighted by molar-refractivity contribution is 5.92. The minimum absolute atomic E-state index is 0.118. The third-order valence-electron chi connectivity index (χ3n) is 3.88. The van der Waals surface area contributed by atoms with Gasteiger partial charge in [0, 0.05) is 12.1 Å². The number of hydrogen-bond acceptors (Lipinski definition) is 3. The molecule has 0 aromatic carbocycles. The van der Waals surface area contributed by atoms with Crippen LogP contribution in [0.15, 0.2) is 10.6 Å². The van der Waals surface area contributed by atoms with E-state index < -0.39 is 0 Å². The Hall–Kier alpha value is -1.32. The zero-order chi connectivity index (χ0) is 12.4. The lowest BCUT2D eigenvalue weighted by atomic mass is 9.78. The number of aromatic nitrogens is 1. The lowest BCUT2D eigenvalue weighted by Gasteiger charge is -2.34. The van der Waals surface area contributed by atoms with Crippen LogP contribution in [0.25, 0.3) is 0 Å². The van der Waals surface area contributed by atoms with Crippen molar-refractivity contribution in [3.8, 4) is 0 Å². The highest BCUT2D eigenvalue weighted by Gasteiger charge is 2.28. The highest BCUT2D eigenvalue weighted by atomic mass is 16.5. The van der Waals surface area contributed by atoms with Gasteiger partial charge in [0.25, 0.3) is 5.91 Å². The summed E-state index contributed by atoms with van der Waals surface area (Å²) in [5, 5.41) is 6.81. The van der Waals surface area contributed by atoms with Gasteiger partial charge in [-0.3, -0.25) is 4.79 Å². The van der Waals surface area contributed by atoms with Crippen LogP contribution in [0.1, 0.15) is 49.4 Å². The first-order valence-electron chi connectivity index (χ1n) is 6.32. The SMILES string of the molecule is Cc1cc(C(=O)N[C@@H]2CCC[C@H](C)[C@H]2C)no1. The monoisotopic (exact) mass is 236 g/mol. The molecule has 0 saturated heterocycles. The molecule has 1 aromatic rings. The van der Waals surface area contributed by atoms with Gasteiger partial charge in [0.1, 0.15) is 5.76 Å². The molecule has 1 aliphatic rings. The first-order chi connectivity index (χ1) is 8.08. The van der Waals surface area contributed by atoms with Crippen molar-refractivity contribution in [2.45, 2.75) is 46.1 Å². The summed E-state index contributed by atoms with van der Waals surface area (Å²) < 4.78 is 4.91. The molecule has 17 heavy (non-hydrogen) atoms. The first kappa shape index (κ1) is 12.1. The molecular weight excluding hydrogens is 216 g/mol. The molecule has 2 rings (SSSR count). The molecule has 4 nitrogen and oxygen atoms in total. The lowest BCUT2D eigenvalue weighted by Crippen LogP contribution is -2.43. The zero-order valence-electron chi connectivity index (χ0n) is 10.7. The van der Waals surface area contributed by atoms with Crippen LogP contribution < -0.4 is 5.32 Å². The Bertz CT molecular complexity index is 400. The number of carbonyl (C=O) groups is 1. The molecule has 0 bridgehead atoms. The smallest absolute Gasteiger partial charge is 0.273 e. The van der Waals surface area contributed by atoms with Crippen molar-refractivity contribution in [3.05, 3.63) is 17.5 Å². The molecule has 0 aliphatic heterocycles. The quantitative estimate of drug-likeness (QED) is 0.858. The van der Waals surface area contributed by atoms with Gasteiger partial charge < -0.3 is 9.84 Å². The van der Waals surface area contributed by atoms with Crippen LogP contribution in [-0.2, 0) is 0 Å². The number of rotatable bonds is 2. The summed E-state index contributed by atoms with van der Waals surface area (Å²) in [4.78, 5) is 11.9. The Morgan fingerprint density at radius 2 is 2.24 bits per heavy atom. The van der Waals surface area contributed by atoms with Gasteiger partial charge in [0.05, 0.1) is 0 Å². The second kappa shape index (κ2) is 4.90. The van der Waals surface area contributed by atoms with E-state index in [4.69, 9.17) is 4.52 Å². The van der Waals surface area contributed by atoms with Crippen molar-refractivity contribution in [3.63, 3.8) is 0 Å². The third-order valence-corrected chi connectivity index (χ3v) is 3.88. The molecule has 1 N–H and O–H groups in total. The van der Waals surface area contributed by atoms with Crippen molar-refractivity contribution in [1.29, 1.82) is 0 Å². The Balaban J connectivity index is 1.98. The summed E-state index contributed by atoms with van der Waals surface area (Å²) in [5.74, 6) is 1.75. The largest absolute Gasteiger partial charge is 0.361 e. The van der Waals surface area contributed by atoms with Crippen LogP contribution in [0.2, 0.25) is 0 Å². The number of nitrogens with one attached hydrogen (secondary N) is 1. The minimum Gasteiger partial charge on any atom is -0.361 e. The average molecular weight is 236 g/mol. The number of carbonyl (C=O) groups excluding carboxylic acids is 1. The van der Waals surface area contributed by atoms with Crippen molar-refractivity contribution in [1.82, 2.24) is 10.5 Å². The molecular formula is C13H20N2O2. The highest BCUT2D eigenvalue weighted by Crippen LogP contribution is 2.29. The summed E-state index contributed by atoms with van der Waals surface area (Å²) in [6, 6.07) is 1.94. The minimum atomic E-state index is -0.118. The normalized spacial score (nSPS) is 29.0. The van der Waals surface area contributed by atoms with Gasteiger partial charge in [0.2, 0.25) is 0 Å². The Morgan fingerprint density at radius 3 is 2.88 bits per heavy atom. The second-order valence-electron chi connectivity index (χ2n) is 5.17. The van der Waals surface area contributed by atoms with Gasteiger partial charge in [-0.15, -0.1) is 0 Å². The van der Waals surface area contributed by atoms with Gasteiger partial charge >= 0.3 is 0 Å². The molecule has 1 aliphatic carbocycles. The second-order valence-corrected chi connectivity index (χ2v) is 5.17. The van der Waals surface area contributed by atoms with Gasteiger partial charge in [-0.2, -0.15) is 0 Å². The van der Waals surface area contributed by atoms with E-state index in [-0.39, 0.29) is 11.9 Å². The molecule has 1 amide bonds. The van der Waals surface area contributed by atoms with Crippen LogP contribution in [0.4, 0.5) is 0 Å². The molecule has 4 heteroatoms. The first-order valence-corrected chi connectivity index (χ1v) is 6.32. The topological polar surface area (TPSA) is 55.1 Å². The summed E-state index contributed by atoms with van der Waals surface area (Å²) >= 11 is 0. The summed E-state index contributed by atoms with van der Waals surface area (Å²) in [6.07, 6.45) is 3.51. The predicted molar refractivity (Wildman–Crippen MR) is 64.7 cm³/mol. The van der Waals surface area contributed by atoms with Gasteiger partial charge in [0.15, 0.2) is 5.69 Å². The Morgan fingerprint density at radius 1 is 1.47 bits per heavy atom. The van der Waals surface area contributed by atoms with Crippen LogP contribution in [0, 0.1) is 18.8 Å². The number of aryl methyl sites for hydroxylation is 1. The van der Waals surface area contributed by atoms with Crippen molar-refractivity contribution >= 4 is 5.91 Å². The van der Waals surface area contributed by atoms with Crippen molar-refractivity contribution in [2.75, 3.05) is 0 Å². The Labute approximate surface area is 102 Å². The maximum absolute atomic E-state index is 11.9. The van der Waals surface area contributed by atoms with E-state index in [1.807, 2.05) is 0 Å². The van der Waals surface area contributed by atoms with E-state index >= 15 is 0 Å². The van der Waals surface area contributed by atoms with Crippen LogP contribution in [0.3, 0.4) is 0 Å². The van der Waals surface area contributed by atoms with Crippen molar-refractivity contribution in [2.24, 2.45) is 11.8 Å². The maximum Gasteiger partial charge on any atom is 0.273 e. The fourth-order valence-electron chi connectivity index (χ4n) is 2.50. The van der Waals surface area contributed by atoms with Gasteiger partial charge in [-0.05, 0) is 25.2 Å². The molecule has 3 atom stereocenters. The molecule has 1 heterocycles. The van der Waals surface area contributed by atoms with E-state index in [1.54, 1.807) is 13.0 Å². The fraction of sp³-hybridized carbons (Fsp3) is 0.692. The molecule has 1 aromatic heterocycles. The van der Waals surface area contributed by atoms with Crippen LogP contribution in [-0.4, -0.2) is 17.1 Å². The van der Waals surface area contributed by atoms with E-state index in [1.165, 1.54) is 12.8 Å². The van der Waals surface area contributed by atoms with Crippen LogP contribution >= 0.6 is 0 Å². The molecule has 0 radical (unpaired) electrons. The molecule has 0 unspecified atom stereocenters. The van der Waals surface area contributed by atoms with Crippen molar-refractivity contribution < 1.29 is 9.32 Å². The van der Waals surface area contributed by atoms with E-state index in [2.05, 4.69) is 24.3 Å². The van der Waals surface area contributed by atoms with E-state index in [0.717, 1.165) is 6.42 Å². The molecule has 1 saturated carbocycles. The average Bonchev–Trinajstić information content (AvgIpc) is 2.72. The number of nitrogens with zero attached hydrogens (tertiary/aromatic N) is 1. The summed E-state index contributed by atoms with van der Waals surface area (Å²) in [7, 11) is 0. The molecule has 1 fully saturated rings. The standard InChI is InChI=1S/C13H20N2O2/c1-8-5-4-6-11(10(8)3)14-13(16)12-7-9(2)17-15-12/h7-8,10-11H,4-6H2,1-3H3,(H,14,16)/t8-,10+,11+/m0/s1. The molecule has 0 spiro atoms. The third kappa shape index (κ3) is 2.68. The van der Waals surface area contributed by atoms with Crippen LogP contribution in [0.5, 0.6) is 0 Å². The number of hydrogen-bond donors (Lipinski definition) is 1. The molecule has 94 valence electrons. The Kier molecular flexibility index (Phi) is 3.50. The van der Waals surface area contributed by atoms with Gasteiger partial charge in [-0.25, -0.2) is 0 Å². The van der Waals surface area contributed by atoms with Gasteiger partial charge in [-0.1, -0.05) is 31.8 Å². The fourth-order valence-corrected chi connectivity index (χ4v) is 2.50. The van der Waals surface area contributed by atoms with E-state index in [0.29, 0.717) is 23.3 Å². The maximum atomic E-state index is 11.9. The lowest BCUT2D eigenvalue weighted by molar-refractivity contribution is 0.0882. The van der Waals surface area contributed by atoms with E-state index in [9.17, 15) is 4.79 Å². The summed E-state index contributed by atoms with van der Waals surface area (Å²) in [5.41, 5.74) is 0.382. The summed E-state index contributed by atoms with van der Waals surface area (Å²) in [6.45, 7) is 6.25. The predicted octanol–water partition coefficient (Wildman–Crippen LogP) is 2.54.